The van der Waals surface area contributed by atoms with E-state index < -0.39 is 12.2 Å². The van der Waals surface area contributed by atoms with Gasteiger partial charge in [-0.25, -0.2) is 0 Å². The van der Waals surface area contributed by atoms with Crippen LogP contribution in [0.15, 0.2) is 42.5 Å². The number of ether oxygens (including phenoxy) is 2. The lowest BCUT2D eigenvalue weighted by molar-refractivity contribution is 0.0533. The van der Waals surface area contributed by atoms with Gasteiger partial charge in [-0.15, -0.1) is 0 Å². The summed E-state index contributed by atoms with van der Waals surface area (Å²) in [5.41, 5.74) is 3.22. The molecule has 2 rings (SSSR count). The standard InChI is InChI=1S/C36H58O6/c1-2-3-4-5-6-7-8-9-10-11-12-13-14-15-16-17-18-32-25-31(21-24-36(32)42-29-34(40)27-38)30-19-22-35(23-20-30)41-28-33(39)26-37/h19-25,33-34,37-40H,2-18,26-29H2,1H3. The number of hydrogen-bond donors (Lipinski definition) is 4. The Balaban J connectivity index is 1.73. The van der Waals surface area contributed by atoms with Crippen LogP contribution in [0.1, 0.15) is 115 Å². The molecule has 6 heteroatoms. The van der Waals surface area contributed by atoms with Gasteiger partial charge in [0.05, 0.1) is 13.2 Å². The summed E-state index contributed by atoms with van der Waals surface area (Å²) in [5.74, 6) is 1.39. The van der Waals surface area contributed by atoms with Gasteiger partial charge in [0.1, 0.15) is 36.9 Å². The minimum absolute atomic E-state index is 0.0467. The Morgan fingerprint density at radius 1 is 0.548 bits per heavy atom. The molecule has 42 heavy (non-hydrogen) atoms. The maximum absolute atomic E-state index is 9.77. The molecule has 238 valence electrons. The first kappa shape index (κ1) is 36.1. The lowest BCUT2D eigenvalue weighted by atomic mass is 9.98. The van der Waals surface area contributed by atoms with Crippen LogP contribution in [0.25, 0.3) is 11.1 Å². The van der Waals surface area contributed by atoms with E-state index in [9.17, 15) is 15.3 Å². The molecule has 2 aromatic carbocycles. The van der Waals surface area contributed by atoms with Gasteiger partial charge in [-0.1, -0.05) is 121 Å². The van der Waals surface area contributed by atoms with Crippen molar-refractivity contribution in [1.29, 1.82) is 0 Å². The third-order valence-electron chi connectivity index (χ3n) is 7.84. The topological polar surface area (TPSA) is 99.4 Å². The van der Waals surface area contributed by atoms with Gasteiger partial charge in [-0.3, -0.25) is 0 Å². The Hall–Kier alpha value is -2.12. The molecule has 4 N–H and O–H groups in total. The van der Waals surface area contributed by atoms with Crippen LogP contribution in [0.2, 0.25) is 0 Å². The largest absolute Gasteiger partial charge is 0.491 e. The van der Waals surface area contributed by atoms with Crippen molar-refractivity contribution in [2.24, 2.45) is 0 Å². The van der Waals surface area contributed by atoms with E-state index in [1.165, 1.54) is 96.3 Å². The van der Waals surface area contributed by atoms with Crippen LogP contribution in [-0.2, 0) is 6.42 Å². The highest BCUT2D eigenvalue weighted by molar-refractivity contribution is 5.66. The molecule has 0 radical (unpaired) electrons. The van der Waals surface area contributed by atoms with Crippen LogP contribution < -0.4 is 9.47 Å². The second kappa shape index (κ2) is 23.3. The number of benzene rings is 2. The first-order chi connectivity index (χ1) is 20.6. The third-order valence-corrected chi connectivity index (χ3v) is 7.84. The number of hydrogen-bond acceptors (Lipinski definition) is 6. The van der Waals surface area contributed by atoms with Crippen molar-refractivity contribution in [3.63, 3.8) is 0 Å². The molecule has 0 amide bonds. The van der Waals surface area contributed by atoms with Crippen LogP contribution in [0, 0.1) is 0 Å². The molecule has 0 spiro atoms. The molecule has 0 aliphatic carbocycles. The third kappa shape index (κ3) is 15.9. The predicted octanol–water partition coefficient (Wildman–Crippen LogP) is 7.62. The molecule has 6 nitrogen and oxygen atoms in total. The molecule has 0 aliphatic rings. The van der Waals surface area contributed by atoms with Crippen LogP contribution >= 0.6 is 0 Å². The van der Waals surface area contributed by atoms with Gasteiger partial charge in [0.25, 0.3) is 0 Å². The second-order valence-corrected chi connectivity index (χ2v) is 11.7. The Morgan fingerprint density at radius 2 is 1.00 bits per heavy atom. The highest BCUT2D eigenvalue weighted by Gasteiger charge is 2.11. The van der Waals surface area contributed by atoms with Crippen molar-refractivity contribution < 1.29 is 29.9 Å². The fourth-order valence-corrected chi connectivity index (χ4v) is 5.19. The van der Waals surface area contributed by atoms with Crippen LogP contribution in [0.4, 0.5) is 0 Å². The summed E-state index contributed by atoms with van der Waals surface area (Å²) >= 11 is 0. The highest BCUT2D eigenvalue weighted by atomic mass is 16.5. The zero-order chi connectivity index (χ0) is 30.3. The fourth-order valence-electron chi connectivity index (χ4n) is 5.19. The van der Waals surface area contributed by atoms with Crippen molar-refractivity contribution in [3.05, 3.63) is 48.0 Å². The van der Waals surface area contributed by atoms with Crippen LogP contribution in [0.3, 0.4) is 0 Å². The Bertz CT molecular complexity index is 916. The maximum Gasteiger partial charge on any atom is 0.122 e. The van der Waals surface area contributed by atoms with Crippen LogP contribution in [-0.4, -0.2) is 59.1 Å². The van der Waals surface area contributed by atoms with Crippen molar-refractivity contribution in [3.8, 4) is 22.6 Å². The average molecular weight is 587 g/mol. The molecule has 0 aromatic heterocycles. The van der Waals surface area contributed by atoms with E-state index in [1.807, 2.05) is 36.4 Å². The molecule has 0 saturated carbocycles. The molecular formula is C36H58O6. The lowest BCUT2D eigenvalue weighted by Crippen LogP contribution is -2.21. The van der Waals surface area contributed by atoms with E-state index in [0.29, 0.717) is 5.75 Å². The molecule has 0 fully saturated rings. The molecule has 0 heterocycles. The van der Waals surface area contributed by atoms with E-state index in [0.717, 1.165) is 35.3 Å². The summed E-state index contributed by atoms with van der Waals surface area (Å²) in [7, 11) is 0. The molecule has 2 aromatic rings. The maximum atomic E-state index is 9.77. The summed E-state index contributed by atoms with van der Waals surface area (Å²) in [6.45, 7) is 1.73. The summed E-state index contributed by atoms with van der Waals surface area (Å²) in [6.07, 6.45) is 20.6. The van der Waals surface area contributed by atoms with E-state index in [2.05, 4.69) is 13.0 Å². The van der Waals surface area contributed by atoms with Crippen molar-refractivity contribution in [2.75, 3.05) is 26.4 Å². The second-order valence-electron chi connectivity index (χ2n) is 11.7. The smallest absolute Gasteiger partial charge is 0.122 e. The quantitative estimate of drug-likeness (QED) is 0.0847. The summed E-state index contributed by atoms with van der Waals surface area (Å²) in [6, 6.07) is 13.8. The van der Waals surface area contributed by atoms with Crippen molar-refractivity contribution in [2.45, 2.75) is 128 Å². The normalized spacial score (nSPS) is 12.8. The van der Waals surface area contributed by atoms with E-state index in [1.54, 1.807) is 0 Å². The minimum Gasteiger partial charge on any atom is -0.491 e. The zero-order valence-electron chi connectivity index (χ0n) is 26.2. The summed E-state index contributed by atoms with van der Waals surface area (Å²) in [4.78, 5) is 0. The highest BCUT2D eigenvalue weighted by Crippen LogP contribution is 2.30. The number of aryl methyl sites for hydroxylation is 1. The van der Waals surface area contributed by atoms with E-state index in [4.69, 9.17) is 14.6 Å². The number of aliphatic hydroxyl groups is 4. The molecule has 0 bridgehead atoms. The summed E-state index contributed by atoms with van der Waals surface area (Å²) < 4.78 is 11.4. The first-order valence-electron chi connectivity index (χ1n) is 16.6. The minimum atomic E-state index is -0.898. The molecule has 2 unspecified atom stereocenters. The monoisotopic (exact) mass is 586 g/mol. The molecule has 2 atom stereocenters. The van der Waals surface area contributed by atoms with Crippen molar-refractivity contribution >= 4 is 0 Å². The zero-order valence-corrected chi connectivity index (χ0v) is 26.2. The van der Waals surface area contributed by atoms with E-state index >= 15 is 0 Å². The van der Waals surface area contributed by atoms with Crippen LogP contribution in [0.5, 0.6) is 11.5 Å². The molecular weight excluding hydrogens is 528 g/mol. The fraction of sp³-hybridized carbons (Fsp3) is 0.667. The SMILES string of the molecule is CCCCCCCCCCCCCCCCCCc1cc(-c2ccc(OCC(O)CO)cc2)ccc1OCC(O)CO. The molecule has 0 aliphatic heterocycles. The average Bonchev–Trinajstić information content (AvgIpc) is 3.02. The van der Waals surface area contributed by atoms with Gasteiger partial charge in [0.15, 0.2) is 0 Å². The van der Waals surface area contributed by atoms with Gasteiger partial charge in [0, 0.05) is 0 Å². The van der Waals surface area contributed by atoms with Gasteiger partial charge >= 0.3 is 0 Å². The lowest BCUT2D eigenvalue weighted by Gasteiger charge is -2.16. The van der Waals surface area contributed by atoms with Gasteiger partial charge in [-0.2, -0.15) is 0 Å². The molecule has 0 saturated heterocycles. The summed E-state index contributed by atoms with van der Waals surface area (Å²) in [5, 5.41) is 37.4. The first-order valence-corrected chi connectivity index (χ1v) is 16.6. The number of rotatable bonds is 26. The predicted molar refractivity (Wildman–Crippen MR) is 172 cm³/mol. The number of aliphatic hydroxyl groups excluding tert-OH is 4. The Morgan fingerprint density at radius 3 is 1.50 bits per heavy atom. The number of unbranched alkanes of at least 4 members (excludes halogenated alkanes) is 15. The van der Waals surface area contributed by atoms with Gasteiger partial charge < -0.3 is 29.9 Å². The van der Waals surface area contributed by atoms with Crippen molar-refractivity contribution in [1.82, 2.24) is 0 Å². The van der Waals surface area contributed by atoms with E-state index in [-0.39, 0.29) is 26.4 Å². The Kier molecular flexibility index (Phi) is 20.1. The Labute approximate surface area is 255 Å². The van der Waals surface area contributed by atoms with Gasteiger partial charge in [0.2, 0.25) is 0 Å². The van der Waals surface area contributed by atoms with Gasteiger partial charge in [-0.05, 0) is 53.8 Å².